The summed E-state index contributed by atoms with van der Waals surface area (Å²) < 4.78 is 11.6. The topological polar surface area (TPSA) is 116 Å². The Morgan fingerprint density at radius 3 is 3.00 bits per heavy atom. The van der Waals surface area contributed by atoms with Crippen LogP contribution in [0, 0.1) is 6.92 Å². The number of aryl methyl sites for hydroxylation is 1. The van der Waals surface area contributed by atoms with E-state index in [1.54, 1.807) is 24.5 Å². The van der Waals surface area contributed by atoms with Crippen LogP contribution in [0.15, 0.2) is 56.5 Å². The van der Waals surface area contributed by atoms with Crippen molar-refractivity contribution in [2.24, 2.45) is 0 Å². The predicted molar refractivity (Wildman–Crippen MR) is 94.0 cm³/mol. The van der Waals surface area contributed by atoms with Crippen molar-refractivity contribution in [2.75, 3.05) is 0 Å². The van der Waals surface area contributed by atoms with Crippen molar-refractivity contribution in [1.82, 2.24) is 25.0 Å². The highest BCUT2D eigenvalue weighted by molar-refractivity contribution is 5.89. The van der Waals surface area contributed by atoms with Crippen molar-refractivity contribution >= 4 is 17.0 Å². The molecule has 0 spiro atoms. The number of nitrogens with zero attached hydrogens (tertiary/aromatic N) is 4. The summed E-state index contributed by atoms with van der Waals surface area (Å²) in [5.74, 6) is -1.00. The van der Waals surface area contributed by atoms with E-state index in [-0.39, 0.29) is 24.8 Å². The maximum atomic E-state index is 12.1. The molecular formula is C18H15N5O4. The molecule has 0 radical (unpaired) electrons. The molecule has 0 aliphatic rings. The highest BCUT2D eigenvalue weighted by atomic mass is 16.5. The molecule has 1 amide bonds. The van der Waals surface area contributed by atoms with Crippen LogP contribution in [0.1, 0.15) is 27.6 Å². The summed E-state index contributed by atoms with van der Waals surface area (Å²) >= 11 is 0. The first-order valence-electron chi connectivity index (χ1n) is 8.20. The van der Waals surface area contributed by atoms with Gasteiger partial charge in [-0.15, -0.1) is 0 Å². The minimum atomic E-state index is -0.525. The van der Waals surface area contributed by atoms with E-state index in [2.05, 4.69) is 20.4 Å². The van der Waals surface area contributed by atoms with Crippen molar-refractivity contribution in [3.63, 3.8) is 0 Å². The van der Waals surface area contributed by atoms with Gasteiger partial charge < -0.3 is 14.3 Å². The van der Waals surface area contributed by atoms with Crippen molar-refractivity contribution in [3.8, 4) is 0 Å². The van der Waals surface area contributed by atoms with Crippen LogP contribution in [0.25, 0.3) is 11.1 Å². The molecular weight excluding hydrogens is 350 g/mol. The average molecular weight is 365 g/mol. The Morgan fingerprint density at radius 1 is 1.30 bits per heavy atom. The molecule has 0 atom stereocenters. The van der Waals surface area contributed by atoms with Gasteiger partial charge in [0, 0.05) is 18.9 Å². The molecule has 0 unspecified atom stereocenters. The van der Waals surface area contributed by atoms with E-state index in [1.165, 1.54) is 4.57 Å². The minimum absolute atomic E-state index is 0.0364. The SMILES string of the molecule is Cc1ccc2oc(=O)n(Cc3noc(C(=O)NCc4cccnc4)n3)c2c1. The van der Waals surface area contributed by atoms with Crippen LogP contribution in [0.4, 0.5) is 0 Å². The second-order valence-corrected chi connectivity index (χ2v) is 5.99. The normalized spacial score (nSPS) is 11.0. The summed E-state index contributed by atoms with van der Waals surface area (Å²) in [5, 5.41) is 6.45. The number of carbonyl (C=O) groups excluding carboxylic acids is 1. The highest BCUT2D eigenvalue weighted by Crippen LogP contribution is 2.15. The third kappa shape index (κ3) is 3.47. The first-order valence-corrected chi connectivity index (χ1v) is 8.20. The minimum Gasteiger partial charge on any atom is -0.408 e. The zero-order valence-electron chi connectivity index (χ0n) is 14.4. The van der Waals surface area contributed by atoms with Crippen LogP contribution in [-0.4, -0.2) is 25.6 Å². The maximum Gasteiger partial charge on any atom is 0.420 e. The van der Waals surface area contributed by atoms with Crippen LogP contribution in [0.5, 0.6) is 0 Å². The van der Waals surface area contributed by atoms with Gasteiger partial charge in [0.2, 0.25) is 0 Å². The Morgan fingerprint density at radius 2 is 2.19 bits per heavy atom. The molecule has 4 aromatic rings. The summed E-state index contributed by atoms with van der Waals surface area (Å²) in [5.41, 5.74) is 2.94. The maximum absolute atomic E-state index is 12.1. The van der Waals surface area contributed by atoms with Crippen molar-refractivity contribution in [3.05, 3.63) is 76.1 Å². The lowest BCUT2D eigenvalue weighted by Gasteiger charge is -2.01. The Hall–Kier alpha value is -3.75. The van der Waals surface area contributed by atoms with E-state index in [0.29, 0.717) is 11.1 Å². The Bertz CT molecular complexity index is 1160. The number of amides is 1. The highest BCUT2D eigenvalue weighted by Gasteiger charge is 2.17. The van der Waals surface area contributed by atoms with E-state index in [0.717, 1.165) is 11.1 Å². The molecule has 0 bridgehead atoms. The first-order chi connectivity index (χ1) is 13.1. The van der Waals surface area contributed by atoms with Gasteiger partial charge in [-0.2, -0.15) is 4.98 Å². The van der Waals surface area contributed by atoms with Gasteiger partial charge in [0.1, 0.15) is 0 Å². The lowest BCUT2D eigenvalue weighted by Crippen LogP contribution is -2.23. The van der Waals surface area contributed by atoms with Gasteiger partial charge >= 0.3 is 17.6 Å². The lowest BCUT2D eigenvalue weighted by atomic mass is 10.2. The molecule has 0 aliphatic heterocycles. The molecule has 3 aromatic heterocycles. The number of rotatable bonds is 5. The van der Waals surface area contributed by atoms with Gasteiger partial charge in [0.15, 0.2) is 11.4 Å². The fourth-order valence-corrected chi connectivity index (χ4v) is 2.63. The molecule has 0 fully saturated rings. The van der Waals surface area contributed by atoms with Crippen LogP contribution in [-0.2, 0) is 13.1 Å². The summed E-state index contributed by atoms with van der Waals surface area (Å²) in [7, 11) is 0. The monoisotopic (exact) mass is 365 g/mol. The molecule has 0 saturated heterocycles. The first kappa shape index (κ1) is 16.7. The molecule has 136 valence electrons. The van der Waals surface area contributed by atoms with Gasteiger partial charge in [-0.25, -0.2) is 4.79 Å². The van der Waals surface area contributed by atoms with Crippen LogP contribution >= 0.6 is 0 Å². The van der Waals surface area contributed by atoms with Gasteiger partial charge in [0.25, 0.3) is 0 Å². The van der Waals surface area contributed by atoms with Gasteiger partial charge in [-0.05, 0) is 36.2 Å². The summed E-state index contributed by atoms with van der Waals surface area (Å²) in [6.07, 6.45) is 3.30. The van der Waals surface area contributed by atoms with E-state index < -0.39 is 11.7 Å². The van der Waals surface area contributed by atoms with E-state index in [4.69, 9.17) is 8.94 Å². The summed E-state index contributed by atoms with van der Waals surface area (Å²) in [6.45, 7) is 2.24. The number of oxazole rings is 1. The zero-order valence-corrected chi connectivity index (χ0v) is 14.4. The fourth-order valence-electron chi connectivity index (χ4n) is 2.63. The van der Waals surface area contributed by atoms with Crippen LogP contribution < -0.4 is 11.1 Å². The number of fused-ring (bicyclic) bond motifs is 1. The second-order valence-electron chi connectivity index (χ2n) is 5.99. The van der Waals surface area contributed by atoms with E-state index in [9.17, 15) is 9.59 Å². The molecule has 9 nitrogen and oxygen atoms in total. The smallest absolute Gasteiger partial charge is 0.408 e. The van der Waals surface area contributed by atoms with E-state index in [1.807, 2.05) is 25.1 Å². The van der Waals surface area contributed by atoms with E-state index >= 15 is 0 Å². The number of benzene rings is 1. The largest absolute Gasteiger partial charge is 0.420 e. The van der Waals surface area contributed by atoms with Crippen LogP contribution in [0.2, 0.25) is 0 Å². The lowest BCUT2D eigenvalue weighted by molar-refractivity contribution is 0.0907. The third-order valence-electron chi connectivity index (χ3n) is 3.96. The Balaban J connectivity index is 1.50. The molecule has 3 heterocycles. The molecule has 0 saturated carbocycles. The molecule has 1 N–H and O–H groups in total. The number of carbonyl (C=O) groups is 1. The summed E-state index contributed by atoms with van der Waals surface area (Å²) in [6, 6.07) is 9.04. The quantitative estimate of drug-likeness (QED) is 0.572. The standard InChI is InChI=1S/C18H15N5O4/c1-11-4-5-14-13(7-11)23(18(25)26-14)10-15-21-17(27-22-15)16(24)20-9-12-3-2-6-19-8-12/h2-8H,9-10H2,1H3,(H,20,24). The van der Waals surface area contributed by atoms with Gasteiger partial charge in [-0.1, -0.05) is 17.3 Å². The molecule has 0 aliphatic carbocycles. The number of hydrogen-bond donors (Lipinski definition) is 1. The zero-order chi connectivity index (χ0) is 18.8. The average Bonchev–Trinajstić information content (AvgIpc) is 3.26. The molecule has 9 heteroatoms. The Kier molecular flexibility index (Phi) is 4.25. The summed E-state index contributed by atoms with van der Waals surface area (Å²) in [4.78, 5) is 32.3. The number of pyridine rings is 1. The van der Waals surface area contributed by atoms with Crippen molar-refractivity contribution in [2.45, 2.75) is 20.0 Å². The van der Waals surface area contributed by atoms with Crippen LogP contribution in [0.3, 0.4) is 0 Å². The predicted octanol–water partition coefficient (Wildman–Crippen LogP) is 1.66. The number of hydrogen-bond acceptors (Lipinski definition) is 7. The van der Waals surface area contributed by atoms with Crippen molar-refractivity contribution in [1.29, 1.82) is 0 Å². The number of aromatic nitrogens is 4. The second kappa shape index (κ2) is 6.87. The Labute approximate surface area is 152 Å². The van der Waals surface area contributed by atoms with Gasteiger partial charge in [0.05, 0.1) is 12.1 Å². The fraction of sp³-hybridized carbons (Fsp3) is 0.167. The third-order valence-corrected chi connectivity index (χ3v) is 3.96. The van der Waals surface area contributed by atoms with Crippen molar-refractivity contribution < 1.29 is 13.7 Å². The molecule has 27 heavy (non-hydrogen) atoms. The van der Waals surface area contributed by atoms with Gasteiger partial charge in [-0.3, -0.25) is 14.3 Å². The molecule has 4 rings (SSSR count). The number of nitrogens with one attached hydrogen (secondary N) is 1. The molecule has 1 aromatic carbocycles.